The lowest BCUT2D eigenvalue weighted by atomic mass is 10.2. The molecule has 2 rings (SSSR count). The fraction of sp³-hybridized carbons (Fsp3) is 0.176. The van der Waals surface area contributed by atoms with Crippen LogP contribution in [-0.4, -0.2) is 25.5 Å². The number of amides is 2. The van der Waals surface area contributed by atoms with Gasteiger partial charge in [-0.15, -0.1) is 0 Å². The van der Waals surface area contributed by atoms with Gasteiger partial charge in [-0.3, -0.25) is 9.59 Å². The average Bonchev–Trinajstić information content (AvgIpc) is 2.57. The summed E-state index contributed by atoms with van der Waals surface area (Å²) in [5, 5.41) is 3.83. The number of benzene rings is 2. The van der Waals surface area contributed by atoms with E-state index >= 15 is 0 Å². The average molecular weight is 399 g/mol. The van der Waals surface area contributed by atoms with Crippen LogP contribution in [0.3, 0.4) is 0 Å². The molecule has 138 valence electrons. The molecule has 0 saturated carbocycles. The summed E-state index contributed by atoms with van der Waals surface area (Å²) < 4.78 is 37.9. The minimum atomic E-state index is -3.99. The fourth-order valence-electron chi connectivity index (χ4n) is 2.10. The Balaban J connectivity index is 2.21. The third-order valence-electron chi connectivity index (χ3n) is 3.52. The van der Waals surface area contributed by atoms with E-state index in [-0.39, 0.29) is 27.2 Å². The van der Waals surface area contributed by atoms with Crippen LogP contribution in [0.2, 0.25) is 5.02 Å². The lowest BCUT2D eigenvalue weighted by Gasteiger charge is -2.14. The number of anilines is 2. The lowest BCUT2D eigenvalue weighted by molar-refractivity contribution is -0.115. The van der Waals surface area contributed by atoms with Crippen molar-refractivity contribution in [3.05, 3.63) is 53.3 Å². The summed E-state index contributed by atoms with van der Waals surface area (Å²) in [7, 11) is -3.99. The molecule has 1 atom stereocenters. The zero-order valence-electron chi connectivity index (χ0n) is 13.9. The number of halogens is 2. The maximum atomic E-state index is 13.0. The van der Waals surface area contributed by atoms with Gasteiger partial charge in [-0.1, -0.05) is 11.6 Å². The van der Waals surface area contributed by atoms with Gasteiger partial charge in [-0.25, -0.2) is 12.8 Å². The van der Waals surface area contributed by atoms with E-state index in [0.717, 1.165) is 24.3 Å². The van der Waals surface area contributed by atoms with Crippen LogP contribution < -0.4 is 10.6 Å². The maximum absolute atomic E-state index is 13.0. The van der Waals surface area contributed by atoms with Crippen molar-refractivity contribution in [2.45, 2.75) is 24.0 Å². The van der Waals surface area contributed by atoms with Gasteiger partial charge in [-0.2, -0.15) is 0 Å². The van der Waals surface area contributed by atoms with Gasteiger partial charge in [0.15, 0.2) is 9.84 Å². The molecular weight excluding hydrogens is 383 g/mol. The summed E-state index contributed by atoms with van der Waals surface area (Å²) in [6, 6.07) is 8.58. The summed E-state index contributed by atoms with van der Waals surface area (Å²) in [5.74, 6) is -1.69. The molecule has 0 aliphatic rings. The normalized spacial score (nSPS) is 12.3. The van der Waals surface area contributed by atoms with E-state index in [1.54, 1.807) is 0 Å². The molecule has 0 heterocycles. The van der Waals surface area contributed by atoms with Crippen molar-refractivity contribution in [2.75, 3.05) is 10.6 Å². The van der Waals surface area contributed by atoms with E-state index in [2.05, 4.69) is 10.6 Å². The zero-order chi connectivity index (χ0) is 19.5. The highest BCUT2D eigenvalue weighted by Crippen LogP contribution is 2.26. The van der Waals surface area contributed by atoms with Crippen molar-refractivity contribution in [1.29, 1.82) is 0 Å². The molecule has 9 heteroatoms. The number of sulfone groups is 1. The highest BCUT2D eigenvalue weighted by molar-refractivity contribution is 7.92. The zero-order valence-corrected chi connectivity index (χ0v) is 15.5. The fourth-order valence-corrected chi connectivity index (χ4v) is 3.53. The molecule has 1 unspecified atom stereocenters. The molecule has 2 amide bonds. The molecule has 0 aliphatic heterocycles. The first-order valence-corrected chi connectivity index (χ1v) is 9.41. The monoisotopic (exact) mass is 398 g/mol. The maximum Gasteiger partial charge on any atom is 0.242 e. The van der Waals surface area contributed by atoms with Crippen LogP contribution >= 0.6 is 11.6 Å². The molecule has 0 fully saturated rings. The smallest absolute Gasteiger partial charge is 0.242 e. The van der Waals surface area contributed by atoms with Gasteiger partial charge in [-0.05, 0) is 49.4 Å². The summed E-state index contributed by atoms with van der Waals surface area (Å²) in [6.07, 6.45) is 0. The molecule has 0 aliphatic carbocycles. The number of rotatable bonds is 5. The van der Waals surface area contributed by atoms with E-state index in [1.807, 2.05) is 0 Å². The Morgan fingerprint density at radius 3 is 2.27 bits per heavy atom. The second-order valence-corrected chi connectivity index (χ2v) is 8.18. The Hall–Kier alpha value is -2.45. The Bertz CT molecular complexity index is 946. The predicted molar refractivity (Wildman–Crippen MR) is 97.4 cm³/mol. The molecule has 0 bridgehead atoms. The molecule has 0 aromatic heterocycles. The van der Waals surface area contributed by atoms with Crippen molar-refractivity contribution in [3.63, 3.8) is 0 Å². The largest absolute Gasteiger partial charge is 0.325 e. The quantitative estimate of drug-likeness (QED) is 0.756. The Morgan fingerprint density at radius 1 is 1.08 bits per heavy atom. The van der Waals surface area contributed by atoms with Gasteiger partial charge in [0.2, 0.25) is 11.8 Å². The molecule has 0 radical (unpaired) electrons. The minimum Gasteiger partial charge on any atom is -0.325 e. The Kier molecular flexibility index (Phi) is 5.99. The molecular formula is C17H16ClFN2O4S. The van der Waals surface area contributed by atoms with Gasteiger partial charge < -0.3 is 10.6 Å². The van der Waals surface area contributed by atoms with Crippen LogP contribution in [0.1, 0.15) is 13.8 Å². The summed E-state index contributed by atoms with van der Waals surface area (Å²) in [4.78, 5) is 23.3. The van der Waals surface area contributed by atoms with Gasteiger partial charge in [0.1, 0.15) is 11.1 Å². The topological polar surface area (TPSA) is 92.3 Å². The predicted octanol–water partition coefficient (Wildman–Crippen LogP) is 3.24. The van der Waals surface area contributed by atoms with E-state index in [1.165, 1.54) is 32.0 Å². The Morgan fingerprint density at radius 2 is 1.69 bits per heavy atom. The lowest BCUT2D eigenvalue weighted by Crippen LogP contribution is -2.32. The van der Waals surface area contributed by atoms with Crippen molar-refractivity contribution >= 4 is 44.6 Å². The molecule has 2 aromatic rings. The van der Waals surface area contributed by atoms with Gasteiger partial charge in [0.25, 0.3) is 0 Å². The molecule has 0 spiro atoms. The van der Waals surface area contributed by atoms with Crippen molar-refractivity contribution in [1.82, 2.24) is 0 Å². The molecule has 0 saturated heterocycles. The van der Waals surface area contributed by atoms with Gasteiger partial charge in [0.05, 0.1) is 15.6 Å². The number of hydrogen-bond acceptors (Lipinski definition) is 4. The van der Waals surface area contributed by atoms with E-state index < -0.39 is 26.8 Å². The highest BCUT2D eigenvalue weighted by atomic mass is 35.5. The molecule has 26 heavy (non-hydrogen) atoms. The standard InChI is InChI=1S/C17H16ClFN2O4S/c1-10(26(24,25)14-6-3-12(19)4-7-14)17(23)21-13-5-8-15(18)16(9-13)20-11(2)22/h3-10H,1-2H3,(H,20,22)(H,21,23). The number of carbonyl (C=O) groups is 2. The van der Waals surface area contributed by atoms with E-state index in [9.17, 15) is 22.4 Å². The first-order valence-electron chi connectivity index (χ1n) is 7.48. The summed E-state index contributed by atoms with van der Waals surface area (Å²) in [5.41, 5.74) is 0.551. The molecule has 6 nitrogen and oxygen atoms in total. The van der Waals surface area contributed by atoms with Crippen LogP contribution in [0.15, 0.2) is 47.4 Å². The third kappa shape index (κ3) is 4.59. The summed E-state index contributed by atoms with van der Waals surface area (Å²) >= 11 is 5.95. The van der Waals surface area contributed by atoms with Gasteiger partial charge in [0, 0.05) is 12.6 Å². The minimum absolute atomic E-state index is 0.156. The SMILES string of the molecule is CC(=O)Nc1cc(NC(=O)C(C)S(=O)(=O)c2ccc(F)cc2)ccc1Cl. The molecule has 2 N–H and O–H groups in total. The van der Waals surface area contributed by atoms with E-state index in [4.69, 9.17) is 11.6 Å². The van der Waals surface area contributed by atoms with Crippen molar-refractivity contribution in [2.24, 2.45) is 0 Å². The second-order valence-electron chi connectivity index (χ2n) is 5.51. The van der Waals surface area contributed by atoms with Crippen LogP contribution in [0.25, 0.3) is 0 Å². The van der Waals surface area contributed by atoms with E-state index in [0.29, 0.717) is 0 Å². The first kappa shape index (κ1) is 19.9. The second kappa shape index (κ2) is 7.84. The highest BCUT2D eigenvalue weighted by Gasteiger charge is 2.30. The van der Waals surface area contributed by atoms with Crippen LogP contribution in [0, 0.1) is 5.82 Å². The van der Waals surface area contributed by atoms with Gasteiger partial charge >= 0.3 is 0 Å². The van der Waals surface area contributed by atoms with Crippen molar-refractivity contribution < 1.29 is 22.4 Å². The van der Waals surface area contributed by atoms with Crippen LogP contribution in [-0.2, 0) is 19.4 Å². The van der Waals surface area contributed by atoms with Crippen LogP contribution in [0.5, 0.6) is 0 Å². The van der Waals surface area contributed by atoms with Crippen LogP contribution in [0.4, 0.5) is 15.8 Å². The number of carbonyl (C=O) groups excluding carboxylic acids is 2. The Labute approximate surface area is 155 Å². The number of hydrogen-bond donors (Lipinski definition) is 2. The summed E-state index contributed by atoms with van der Waals surface area (Å²) in [6.45, 7) is 2.54. The van der Waals surface area contributed by atoms with Crippen molar-refractivity contribution in [3.8, 4) is 0 Å². The number of nitrogens with one attached hydrogen (secondary N) is 2. The first-order chi connectivity index (χ1) is 12.1. The molecule has 2 aromatic carbocycles. The third-order valence-corrected chi connectivity index (χ3v) is 5.93.